The molecule has 1 saturated heterocycles. The smallest absolute Gasteiger partial charge is 0.134 e. The summed E-state index contributed by atoms with van der Waals surface area (Å²) in [5.41, 5.74) is 2.27. The zero-order chi connectivity index (χ0) is 11.0. The van der Waals surface area contributed by atoms with Crippen LogP contribution in [0.1, 0.15) is 5.56 Å². The first kappa shape index (κ1) is 9.87. The van der Waals surface area contributed by atoms with Crippen molar-refractivity contribution in [2.45, 2.75) is 12.6 Å². The van der Waals surface area contributed by atoms with Crippen LogP contribution in [0.2, 0.25) is 0 Å². The molecule has 0 spiro atoms. The Kier molecular flexibility index (Phi) is 2.42. The van der Waals surface area contributed by atoms with Gasteiger partial charge in [-0.05, 0) is 13.1 Å². The van der Waals surface area contributed by atoms with Gasteiger partial charge < -0.3 is 9.73 Å². The van der Waals surface area contributed by atoms with Crippen molar-refractivity contribution in [3.8, 4) is 0 Å². The van der Waals surface area contributed by atoms with Crippen LogP contribution in [0.15, 0.2) is 34.9 Å². The largest absolute Gasteiger partial charge is 0.464 e. The average molecular weight is 216 g/mol. The van der Waals surface area contributed by atoms with Crippen molar-refractivity contribution >= 4 is 11.0 Å². The van der Waals surface area contributed by atoms with E-state index in [0.29, 0.717) is 6.04 Å². The Morgan fingerprint density at radius 3 is 2.94 bits per heavy atom. The number of para-hydroxylation sites is 1. The molecule has 0 unspecified atom stereocenters. The van der Waals surface area contributed by atoms with Crippen molar-refractivity contribution in [3.63, 3.8) is 0 Å². The van der Waals surface area contributed by atoms with Gasteiger partial charge >= 0.3 is 0 Å². The molecule has 1 fully saturated rings. The second kappa shape index (κ2) is 3.92. The van der Waals surface area contributed by atoms with Crippen LogP contribution in [-0.4, -0.2) is 31.1 Å². The van der Waals surface area contributed by atoms with Gasteiger partial charge in [0.25, 0.3) is 0 Å². The molecular formula is C13H16N2O. The molecule has 0 aliphatic carbocycles. The summed E-state index contributed by atoms with van der Waals surface area (Å²) in [7, 11) is 2.17. The molecule has 1 aromatic heterocycles. The van der Waals surface area contributed by atoms with Gasteiger partial charge in [-0.2, -0.15) is 0 Å². The number of nitrogens with zero attached hydrogens (tertiary/aromatic N) is 1. The highest BCUT2D eigenvalue weighted by molar-refractivity contribution is 5.80. The van der Waals surface area contributed by atoms with E-state index in [1.807, 2.05) is 18.4 Å². The Bertz CT molecular complexity index is 487. The van der Waals surface area contributed by atoms with E-state index in [1.54, 1.807) is 0 Å². The van der Waals surface area contributed by atoms with E-state index in [0.717, 1.165) is 25.2 Å². The zero-order valence-electron chi connectivity index (χ0n) is 9.44. The van der Waals surface area contributed by atoms with Crippen molar-refractivity contribution in [3.05, 3.63) is 36.1 Å². The molecule has 1 aromatic carbocycles. The van der Waals surface area contributed by atoms with Crippen LogP contribution in [0.25, 0.3) is 11.0 Å². The Balaban J connectivity index is 1.83. The minimum absolute atomic E-state index is 0.675. The minimum Gasteiger partial charge on any atom is -0.464 e. The summed E-state index contributed by atoms with van der Waals surface area (Å²) in [6.07, 6.45) is 1.88. The monoisotopic (exact) mass is 216 g/mol. The molecule has 16 heavy (non-hydrogen) atoms. The summed E-state index contributed by atoms with van der Waals surface area (Å²) in [5.74, 6) is 0. The van der Waals surface area contributed by atoms with Gasteiger partial charge in [-0.3, -0.25) is 4.90 Å². The Morgan fingerprint density at radius 1 is 1.38 bits per heavy atom. The zero-order valence-corrected chi connectivity index (χ0v) is 9.44. The van der Waals surface area contributed by atoms with Gasteiger partial charge in [-0.25, -0.2) is 0 Å². The summed E-state index contributed by atoms with van der Waals surface area (Å²) in [5, 5.41) is 4.53. The summed E-state index contributed by atoms with van der Waals surface area (Å²) in [4.78, 5) is 2.38. The van der Waals surface area contributed by atoms with E-state index >= 15 is 0 Å². The molecule has 3 rings (SSSR count). The second-order valence-electron chi connectivity index (χ2n) is 4.48. The predicted octanol–water partition coefficient (Wildman–Crippen LogP) is 1.84. The van der Waals surface area contributed by atoms with E-state index in [9.17, 15) is 0 Å². The lowest BCUT2D eigenvalue weighted by Crippen LogP contribution is -2.55. The highest BCUT2D eigenvalue weighted by Crippen LogP contribution is 2.22. The SMILES string of the molecule is CN(Cc1coc2ccccc12)C1CNC1. The van der Waals surface area contributed by atoms with Crippen LogP contribution in [-0.2, 0) is 6.54 Å². The molecule has 1 N–H and O–H groups in total. The Labute approximate surface area is 95.0 Å². The summed E-state index contributed by atoms with van der Waals surface area (Å²) < 4.78 is 5.54. The van der Waals surface area contributed by atoms with Gasteiger partial charge in [-0.15, -0.1) is 0 Å². The van der Waals surface area contributed by atoms with Crippen molar-refractivity contribution in [1.82, 2.24) is 10.2 Å². The molecule has 0 bridgehead atoms. The highest BCUT2D eigenvalue weighted by atomic mass is 16.3. The molecule has 0 radical (unpaired) electrons. The number of rotatable bonds is 3. The van der Waals surface area contributed by atoms with Crippen LogP contribution < -0.4 is 5.32 Å². The fourth-order valence-corrected chi connectivity index (χ4v) is 2.14. The highest BCUT2D eigenvalue weighted by Gasteiger charge is 2.22. The van der Waals surface area contributed by atoms with Gasteiger partial charge in [0.05, 0.1) is 6.26 Å². The Hall–Kier alpha value is -1.32. The number of hydrogen-bond donors (Lipinski definition) is 1. The molecule has 3 nitrogen and oxygen atoms in total. The Morgan fingerprint density at radius 2 is 2.19 bits per heavy atom. The lowest BCUT2D eigenvalue weighted by Gasteiger charge is -2.35. The van der Waals surface area contributed by atoms with Crippen molar-refractivity contribution in [1.29, 1.82) is 0 Å². The molecule has 0 saturated carbocycles. The number of hydrogen-bond acceptors (Lipinski definition) is 3. The number of furan rings is 1. The van der Waals surface area contributed by atoms with E-state index in [2.05, 4.69) is 29.4 Å². The predicted molar refractivity (Wildman–Crippen MR) is 64.3 cm³/mol. The molecule has 1 aliphatic heterocycles. The molecule has 0 amide bonds. The van der Waals surface area contributed by atoms with E-state index in [4.69, 9.17) is 4.42 Å². The molecule has 84 valence electrons. The molecule has 2 heterocycles. The lowest BCUT2D eigenvalue weighted by atomic mass is 10.1. The summed E-state index contributed by atoms with van der Waals surface area (Å²) >= 11 is 0. The fraction of sp³-hybridized carbons (Fsp3) is 0.385. The van der Waals surface area contributed by atoms with Crippen LogP contribution in [0.3, 0.4) is 0 Å². The first-order valence-corrected chi connectivity index (χ1v) is 5.70. The lowest BCUT2D eigenvalue weighted by molar-refractivity contribution is 0.173. The molecule has 2 aromatic rings. The normalized spacial score (nSPS) is 16.9. The van der Waals surface area contributed by atoms with E-state index in [1.165, 1.54) is 10.9 Å². The van der Waals surface area contributed by atoms with Crippen LogP contribution >= 0.6 is 0 Å². The first-order chi connectivity index (χ1) is 7.84. The minimum atomic E-state index is 0.675. The maximum atomic E-state index is 5.54. The van der Waals surface area contributed by atoms with Crippen molar-refractivity contribution < 1.29 is 4.42 Å². The van der Waals surface area contributed by atoms with Crippen molar-refractivity contribution in [2.75, 3.05) is 20.1 Å². The van der Waals surface area contributed by atoms with Crippen LogP contribution in [0.4, 0.5) is 0 Å². The molecule has 0 atom stereocenters. The topological polar surface area (TPSA) is 28.4 Å². The number of benzene rings is 1. The van der Waals surface area contributed by atoms with Crippen molar-refractivity contribution in [2.24, 2.45) is 0 Å². The van der Waals surface area contributed by atoms with Gasteiger partial charge in [0, 0.05) is 36.6 Å². The summed E-state index contributed by atoms with van der Waals surface area (Å²) in [6, 6.07) is 8.89. The third-order valence-electron chi connectivity index (χ3n) is 3.36. The number of likely N-dealkylation sites (N-methyl/N-ethyl adjacent to an activating group) is 1. The third-order valence-corrected chi connectivity index (χ3v) is 3.36. The van der Waals surface area contributed by atoms with Gasteiger partial charge in [-0.1, -0.05) is 18.2 Å². The average Bonchev–Trinajstić information content (AvgIpc) is 2.59. The van der Waals surface area contributed by atoms with Crippen LogP contribution in [0.5, 0.6) is 0 Å². The van der Waals surface area contributed by atoms with E-state index < -0.39 is 0 Å². The molecule has 1 aliphatic rings. The van der Waals surface area contributed by atoms with Crippen LogP contribution in [0, 0.1) is 0 Å². The van der Waals surface area contributed by atoms with Gasteiger partial charge in [0.1, 0.15) is 5.58 Å². The third kappa shape index (κ3) is 1.62. The quantitative estimate of drug-likeness (QED) is 0.848. The number of nitrogens with one attached hydrogen (secondary N) is 1. The molecule has 3 heteroatoms. The standard InChI is InChI=1S/C13H16N2O/c1-15(11-6-14-7-11)8-10-9-16-13-5-3-2-4-12(10)13/h2-5,9,11,14H,6-8H2,1H3. The summed E-state index contributed by atoms with van der Waals surface area (Å²) in [6.45, 7) is 3.17. The van der Waals surface area contributed by atoms with Gasteiger partial charge in [0.2, 0.25) is 0 Å². The second-order valence-corrected chi connectivity index (χ2v) is 4.48. The number of fused-ring (bicyclic) bond motifs is 1. The molecular weight excluding hydrogens is 200 g/mol. The van der Waals surface area contributed by atoms with Gasteiger partial charge in [0.15, 0.2) is 0 Å². The fourth-order valence-electron chi connectivity index (χ4n) is 2.14. The maximum Gasteiger partial charge on any atom is 0.134 e. The maximum absolute atomic E-state index is 5.54. The first-order valence-electron chi connectivity index (χ1n) is 5.70. The van der Waals surface area contributed by atoms with E-state index in [-0.39, 0.29) is 0 Å².